The number of rotatable bonds is 5. The smallest absolute Gasteiger partial charge is 0.190 e. The van der Waals surface area contributed by atoms with E-state index in [9.17, 15) is 19.8 Å². The molecule has 4 aliphatic carbocycles. The Balaban J connectivity index is 1.78. The first-order valence-electron chi connectivity index (χ1n) is 11.5. The van der Waals surface area contributed by atoms with Crippen LogP contribution in [0, 0.1) is 34.5 Å². The molecular weight excluding hydrogens is 396 g/mol. The van der Waals surface area contributed by atoms with Gasteiger partial charge in [0, 0.05) is 23.9 Å². The van der Waals surface area contributed by atoms with Crippen molar-refractivity contribution in [2.24, 2.45) is 34.5 Å². The summed E-state index contributed by atoms with van der Waals surface area (Å²) in [5, 5.41) is 21.4. The van der Waals surface area contributed by atoms with E-state index in [0.717, 1.165) is 18.4 Å². The summed E-state index contributed by atoms with van der Waals surface area (Å²) >= 11 is 0. The predicted molar refractivity (Wildman–Crippen MR) is 115 cm³/mol. The summed E-state index contributed by atoms with van der Waals surface area (Å²) in [5.74, 6) is 0.259. The topological polar surface area (TPSA) is 93.1 Å². The lowest BCUT2D eigenvalue weighted by molar-refractivity contribution is -0.242. The number of ketones is 2. The summed E-state index contributed by atoms with van der Waals surface area (Å²) in [4.78, 5) is 25.2. The van der Waals surface area contributed by atoms with Crippen LogP contribution in [-0.4, -0.2) is 53.5 Å². The molecule has 0 amide bonds. The third-order valence-corrected chi connectivity index (χ3v) is 9.23. The molecule has 0 aliphatic heterocycles. The Bertz CT molecular complexity index is 832. The highest BCUT2D eigenvalue weighted by Gasteiger charge is 2.69. The molecular formula is C25H36O6. The monoisotopic (exact) mass is 432 g/mol. The fraction of sp³-hybridized carbons (Fsp3) is 0.760. The van der Waals surface area contributed by atoms with Crippen molar-refractivity contribution >= 4 is 11.6 Å². The Morgan fingerprint density at radius 2 is 2.06 bits per heavy atom. The van der Waals surface area contributed by atoms with E-state index in [-0.39, 0.29) is 40.7 Å². The summed E-state index contributed by atoms with van der Waals surface area (Å²) < 4.78 is 11.6. The maximum atomic E-state index is 13.1. The van der Waals surface area contributed by atoms with Crippen molar-refractivity contribution in [1.82, 2.24) is 0 Å². The second-order valence-electron chi connectivity index (χ2n) is 10.6. The normalized spacial score (nSPS) is 47.3. The number of fused-ring (bicyclic) bond motifs is 5. The van der Waals surface area contributed by atoms with Crippen LogP contribution in [0.3, 0.4) is 0 Å². The fourth-order valence-electron chi connectivity index (χ4n) is 7.91. The Morgan fingerprint density at radius 1 is 1.35 bits per heavy atom. The number of Topliss-reactive ketones (excluding diaryl/α,β-unsaturated/α-hetero) is 1. The van der Waals surface area contributed by atoms with E-state index in [1.54, 1.807) is 19.1 Å². The number of ether oxygens (including phenoxy) is 2. The lowest BCUT2D eigenvalue weighted by Gasteiger charge is -2.61. The summed E-state index contributed by atoms with van der Waals surface area (Å²) in [6.45, 7) is 7.53. The molecule has 3 fully saturated rings. The van der Waals surface area contributed by atoms with Gasteiger partial charge in [-0.15, -0.1) is 0 Å². The Kier molecular flexibility index (Phi) is 5.61. The molecule has 9 atom stereocenters. The molecule has 0 spiro atoms. The minimum atomic E-state index is -1.17. The van der Waals surface area contributed by atoms with Gasteiger partial charge in [0.15, 0.2) is 17.9 Å². The van der Waals surface area contributed by atoms with Crippen LogP contribution in [-0.2, 0) is 19.1 Å². The van der Waals surface area contributed by atoms with Crippen LogP contribution in [0.15, 0.2) is 23.8 Å². The number of allylic oxidation sites excluding steroid dienone is 4. The minimum Gasteiger partial charge on any atom is -0.393 e. The van der Waals surface area contributed by atoms with Crippen molar-refractivity contribution in [2.45, 2.75) is 71.4 Å². The molecule has 4 rings (SSSR count). The first-order valence-corrected chi connectivity index (χ1v) is 11.5. The van der Waals surface area contributed by atoms with Gasteiger partial charge in [-0.1, -0.05) is 32.4 Å². The molecule has 6 nitrogen and oxygen atoms in total. The second-order valence-corrected chi connectivity index (χ2v) is 10.6. The van der Waals surface area contributed by atoms with E-state index in [2.05, 4.69) is 20.8 Å². The number of hydrogen-bond acceptors (Lipinski definition) is 6. The van der Waals surface area contributed by atoms with Gasteiger partial charge in [0.25, 0.3) is 0 Å². The third-order valence-electron chi connectivity index (χ3n) is 9.23. The zero-order chi connectivity index (χ0) is 22.8. The van der Waals surface area contributed by atoms with Gasteiger partial charge in [-0.05, 0) is 62.5 Å². The summed E-state index contributed by atoms with van der Waals surface area (Å²) in [5.41, 5.74) is -1.04. The lowest BCUT2D eigenvalue weighted by Crippen LogP contribution is -2.63. The zero-order valence-corrected chi connectivity index (χ0v) is 19.3. The zero-order valence-electron chi connectivity index (χ0n) is 19.3. The minimum absolute atomic E-state index is 0.0164. The molecule has 0 radical (unpaired) electrons. The first-order chi connectivity index (χ1) is 14.5. The van der Waals surface area contributed by atoms with Crippen molar-refractivity contribution in [3.05, 3.63) is 23.8 Å². The van der Waals surface area contributed by atoms with Crippen molar-refractivity contribution in [1.29, 1.82) is 0 Å². The quantitative estimate of drug-likeness (QED) is 0.649. The number of carbonyl (C=O) groups excluding carboxylic acids is 2. The molecule has 1 unspecified atom stereocenters. The second kappa shape index (κ2) is 7.62. The van der Waals surface area contributed by atoms with Gasteiger partial charge < -0.3 is 19.7 Å². The van der Waals surface area contributed by atoms with E-state index >= 15 is 0 Å². The van der Waals surface area contributed by atoms with Crippen LogP contribution < -0.4 is 0 Å². The molecule has 172 valence electrons. The molecule has 0 aromatic heterocycles. The van der Waals surface area contributed by atoms with Gasteiger partial charge in [0.1, 0.15) is 12.2 Å². The van der Waals surface area contributed by atoms with Gasteiger partial charge in [0.05, 0.1) is 6.10 Å². The fourth-order valence-corrected chi connectivity index (χ4v) is 7.91. The van der Waals surface area contributed by atoms with E-state index in [4.69, 9.17) is 9.47 Å². The third kappa shape index (κ3) is 3.05. The van der Waals surface area contributed by atoms with Gasteiger partial charge in [0.2, 0.25) is 0 Å². The maximum Gasteiger partial charge on any atom is 0.190 e. The van der Waals surface area contributed by atoms with Gasteiger partial charge >= 0.3 is 0 Å². The van der Waals surface area contributed by atoms with E-state index in [1.807, 2.05) is 6.08 Å². The maximum absolute atomic E-state index is 13.1. The van der Waals surface area contributed by atoms with Crippen molar-refractivity contribution in [3.63, 3.8) is 0 Å². The molecule has 6 heteroatoms. The largest absolute Gasteiger partial charge is 0.393 e. The molecule has 2 N–H and O–H groups in total. The molecule has 0 heterocycles. The molecule has 4 aliphatic rings. The predicted octanol–water partition coefficient (Wildman–Crippen LogP) is 2.82. The number of carbonyl (C=O) groups is 2. The van der Waals surface area contributed by atoms with Crippen molar-refractivity contribution in [2.75, 3.05) is 13.7 Å². The van der Waals surface area contributed by atoms with Gasteiger partial charge in [-0.3, -0.25) is 9.59 Å². The summed E-state index contributed by atoms with van der Waals surface area (Å²) in [6, 6.07) is 0. The van der Waals surface area contributed by atoms with E-state index in [0.29, 0.717) is 12.8 Å². The van der Waals surface area contributed by atoms with Crippen LogP contribution >= 0.6 is 0 Å². The SMILES string of the molecule is COC(C)O[C@]1(C(=O)CO)CC[C@H]2[C@@H]3C[C@H](C)C4=CC(=O)C=C[C@]4(C)[C@H]3[C@@H](O)C[C@@]21C. The van der Waals surface area contributed by atoms with Crippen LogP contribution in [0.2, 0.25) is 0 Å². The van der Waals surface area contributed by atoms with Crippen molar-refractivity contribution < 1.29 is 29.3 Å². The van der Waals surface area contributed by atoms with Gasteiger partial charge in [-0.25, -0.2) is 0 Å². The average molecular weight is 433 g/mol. The van der Waals surface area contributed by atoms with Crippen LogP contribution in [0.5, 0.6) is 0 Å². The van der Waals surface area contributed by atoms with E-state index < -0.39 is 30.0 Å². The number of methoxy groups -OCH3 is 1. The average Bonchev–Trinajstić information content (AvgIpc) is 3.01. The van der Waals surface area contributed by atoms with E-state index in [1.165, 1.54) is 7.11 Å². The molecule has 31 heavy (non-hydrogen) atoms. The summed E-state index contributed by atoms with van der Waals surface area (Å²) in [6.07, 6.45) is 6.76. The highest BCUT2D eigenvalue weighted by Crippen LogP contribution is 2.68. The number of aliphatic hydroxyl groups excluding tert-OH is 2. The molecule has 0 aromatic rings. The molecule has 0 saturated heterocycles. The standard InChI is InChI=1S/C25H36O6/c1-14-10-17-18-7-9-25(21(29)13-26,31-15(2)30-5)24(18,4)12-20(28)22(17)23(3)8-6-16(27)11-19(14)23/h6,8,11,14-15,17-18,20,22,26,28H,7,9-10,12-13H2,1-5H3/t14-,15?,17-,18-,20-,22+,23-,24-,25-/m0/s1. The van der Waals surface area contributed by atoms with Crippen LogP contribution in [0.1, 0.15) is 53.4 Å². The Labute approximate surface area is 184 Å². The van der Waals surface area contributed by atoms with Crippen LogP contribution in [0.25, 0.3) is 0 Å². The van der Waals surface area contributed by atoms with Crippen LogP contribution in [0.4, 0.5) is 0 Å². The Morgan fingerprint density at radius 3 is 2.71 bits per heavy atom. The first kappa shape index (κ1) is 22.8. The number of aliphatic hydroxyl groups is 2. The highest BCUT2D eigenvalue weighted by atomic mass is 16.7. The summed E-state index contributed by atoms with van der Waals surface area (Å²) in [7, 11) is 1.54. The Hall–Kier alpha value is -1.34. The number of hydrogen-bond donors (Lipinski definition) is 2. The van der Waals surface area contributed by atoms with Gasteiger partial charge in [-0.2, -0.15) is 0 Å². The molecule has 3 saturated carbocycles. The van der Waals surface area contributed by atoms with Crippen molar-refractivity contribution in [3.8, 4) is 0 Å². The molecule has 0 aromatic carbocycles. The lowest BCUT2D eigenvalue weighted by atomic mass is 9.44. The molecule has 0 bridgehead atoms. The highest BCUT2D eigenvalue weighted by molar-refractivity contribution is 6.01.